The van der Waals surface area contributed by atoms with Crippen LogP contribution >= 0.6 is 11.6 Å². The standard InChI is InChI=1S/C12H17ClN4O4/c1-3-15(4-2)6-5-14-12-10(16(18)19)7-9(13)8-11(12)17(20)21/h7-8,14H,3-6H2,1-2H3. The van der Waals surface area contributed by atoms with Crippen LogP contribution in [0.15, 0.2) is 12.1 Å². The van der Waals surface area contributed by atoms with Gasteiger partial charge in [0.25, 0.3) is 0 Å². The molecule has 0 fully saturated rings. The highest BCUT2D eigenvalue weighted by molar-refractivity contribution is 6.31. The number of nitrogens with zero attached hydrogens (tertiary/aromatic N) is 3. The van der Waals surface area contributed by atoms with Crippen LogP contribution in [-0.4, -0.2) is 40.9 Å². The third-order valence-corrected chi connectivity index (χ3v) is 3.30. The molecule has 0 aliphatic carbocycles. The molecule has 0 radical (unpaired) electrons. The molecule has 8 nitrogen and oxygen atoms in total. The van der Waals surface area contributed by atoms with E-state index in [0.29, 0.717) is 13.1 Å². The average molecular weight is 317 g/mol. The highest BCUT2D eigenvalue weighted by atomic mass is 35.5. The second-order valence-electron chi connectivity index (χ2n) is 4.29. The van der Waals surface area contributed by atoms with Crippen molar-refractivity contribution in [1.29, 1.82) is 0 Å². The molecule has 0 heterocycles. The van der Waals surface area contributed by atoms with E-state index in [1.54, 1.807) is 0 Å². The first-order chi connectivity index (χ1) is 9.90. The number of hydrogen-bond acceptors (Lipinski definition) is 6. The zero-order valence-corrected chi connectivity index (χ0v) is 12.6. The monoisotopic (exact) mass is 316 g/mol. The van der Waals surface area contributed by atoms with Crippen LogP contribution in [0.3, 0.4) is 0 Å². The fourth-order valence-corrected chi connectivity index (χ4v) is 2.13. The van der Waals surface area contributed by atoms with Gasteiger partial charge in [-0.1, -0.05) is 25.4 Å². The maximum atomic E-state index is 11.0. The van der Waals surface area contributed by atoms with Crippen LogP contribution in [0.25, 0.3) is 0 Å². The van der Waals surface area contributed by atoms with Gasteiger partial charge in [0.15, 0.2) is 5.69 Å². The van der Waals surface area contributed by atoms with Crippen molar-refractivity contribution in [2.75, 3.05) is 31.5 Å². The van der Waals surface area contributed by atoms with Crippen molar-refractivity contribution in [3.05, 3.63) is 37.4 Å². The third kappa shape index (κ3) is 4.54. The van der Waals surface area contributed by atoms with Gasteiger partial charge in [0.1, 0.15) is 0 Å². The Balaban J connectivity index is 3.03. The molecular weight excluding hydrogens is 300 g/mol. The van der Waals surface area contributed by atoms with Crippen LogP contribution < -0.4 is 5.32 Å². The van der Waals surface area contributed by atoms with Crippen LogP contribution in [0, 0.1) is 20.2 Å². The highest BCUT2D eigenvalue weighted by Gasteiger charge is 2.26. The molecule has 116 valence electrons. The van der Waals surface area contributed by atoms with Crippen molar-refractivity contribution in [3.63, 3.8) is 0 Å². The fourth-order valence-electron chi connectivity index (χ4n) is 1.93. The summed E-state index contributed by atoms with van der Waals surface area (Å²) in [6.07, 6.45) is 0. The van der Waals surface area contributed by atoms with E-state index >= 15 is 0 Å². The molecule has 1 rings (SSSR count). The Hall–Kier alpha value is -1.93. The zero-order chi connectivity index (χ0) is 16.0. The van der Waals surface area contributed by atoms with E-state index in [1.807, 2.05) is 13.8 Å². The summed E-state index contributed by atoms with van der Waals surface area (Å²) in [6, 6.07) is 2.21. The van der Waals surface area contributed by atoms with E-state index in [-0.39, 0.29) is 10.7 Å². The van der Waals surface area contributed by atoms with Crippen LogP contribution in [0.4, 0.5) is 17.1 Å². The van der Waals surface area contributed by atoms with Gasteiger partial charge < -0.3 is 10.2 Å². The van der Waals surface area contributed by atoms with Crippen molar-refractivity contribution in [3.8, 4) is 0 Å². The predicted molar refractivity (Wildman–Crippen MR) is 81.0 cm³/mol. The SMILES string of the molecule is CCN(CC)CCNc1c([N+](=O)[O-])cc(Cl)cc1[N+](=O)[O-]. The van der Waals surface area contributed by atoms with Crippen LogP contribution in [0.2, 0.25) is 5.02 Å². The lowest BCUT2D eigenvalue weighted by Crippen LogP contribution is -2.28. The molecule has 0 bridgehead atoms. The molecule has 9 heteroatoms. The maximum Gasteiger partial charge on any atom is 0.300 e. The lowest BCUT2D eigenvalue weighted by molar-refractivity contribution is -0.392. The number of nitro benzene ring substituents is 2. The molecule has 0 aliphatic rings. The molecule has 0 aromatic heterocycles. The minimum atomic E-state index is -0.682. The first-order valence-electron chi connectivity index (χ1n) is 6.49. The number of hydrogen-bond donors (Lipinski definition) is 1. The number of nitro groups is 2. The normalized spacial score (nSPS) is 10.7. The van der Waals surface area contributed by atoms with Crippen molar-refractivity contribution in [2.24, 2.45) is 0 Å². The smallest absolute Gasteiger partial charge is 0.300 e. The third-order valence-electron chi connectivity index (χ3n) is 3.08. The van der Waals surface area contributed by atoms with E-state index in [0.717, 1.165) is 25.2 Å². The summed E-state index contributed by atoms with van der Waals surface area (Å²) in [5, 5.41) is 24.8. The molecule has 0 saturated heterocycles. The second kappa shape index (κ2) is 7.75. The largest absolute Gasteiger partial charge is 0.373 e. The molecule has 1 N–H and O–H groups in total. The van der Waals surface area contributed by atoms with E-state index in [2.05, 4.69) is 10.2 Å². The van der Waals surface area contributed by atoms with E-state index in [4.69, 9.17) is 11.6 Å². The Labute approximate surface area is 127 Å². The van der Waals surface area contributed by atoms with Gasteiger partial charge in [-0.15, -0.1) is 0 Å². The van der Waals surface area contributed by atoms with Gasteiger partial charge in [0, 0.05) is 25.2 Å². The summed E-state index contributed by atoms with van der Waals surface area (Å²) in [4.78, 5) is 22.8. The van der Waals surface area contributed by atoms with Crippen molar-refractivity contribution < 1.29 is 9.85 Å². The average Bonchev–Trinajstić information content (AvgIpc) is 2.43. The number of rotatable bonds is 8. The highest BCUT2D eigenvalue weighted by Crippen LogP contribution is 2.37. The number of benzene rings is 1. The summed E-state index contributed by atoms with van der Waals surface area (Å²) in [7, 11) is 0. The van der Waals surface area contributed by atoms with Crippen LogP contribution in [-0.2, 0) is 0 Å². The molecule has 1 aromatic rings. The summed E-state index contributed by atoms with van der Waals surface area (Å²) >= 11 is 5.69. The van der Waals surface area contributed by atoms with Gasteiger partial charge in [0.2, 0.25) is 0 Å². The minimum absolute atomic E-state index is 0.0392. The summed E-state index contributed by atoms with van der Waals surface area (Å²) in [5.74, 6) is 0. The zero-order valence-electron chi connectivity index (χ0n) is 11.8. The van der Waals surface area contributed by atoms with Crippen LogP contribution in [0.1, 0.15) is 13.8 Å². The molecule has 0 aliphatic heterocycles. The molecule has 0 atom stereocenters. The van der Waals surface area contributed by atoms with Crippen molar-refractivity contribution in [2.45, 2.75) is 13.8 Å². The Morgan fingerprint density at radius 2 is 1.62 bits per heavy atom. The lowest BCUT2D eigenvalue weighted by atomic mass is 10.2. The molecule has 0 amide bonds. The summed E-state index contributed by atoms with van der Waals surface area (Å²) in [5.41, 5.74) is -0.899. The van der Waals surface area contributed by atoms with Crippen LogP contribution in [0.5, 0.6) is 0 Å². The fraction of sp³-hybridized carbons (Fsp3) is 0.500. The first-order valence-corrected chi connectivity index (χ1v) is 6.87. The molecule has 0 saturated carbocycles. The van der Waals surface area contributed by atoms with Gasteiger partial charge in [-0.25, -0.2) is 0 Å². The maximum absolute atomic E-state index is 11.0. The summed E-state index contributed by atoms with van der Waals surface area (Å²) < 4.78 is 0. The molecule has 0 spiro atoms. The van der Waals surface area contributed by atoms with Gasteiger partial charge in [-0.2, -0.15) is 0 Å². The van der Waals surface area contributed by atoms with E-state index < -0.39 is 21.2 Å². The van der Waals surface area contributed by atoms with Gasteiger partial charge in [0.05, 0.1) is 14.9 Å². The predicted octanol–water partition coefficient (Wildman–Crippen LogP) is 2.91. The Bertz CT molecular complexity index is 499. The number of nitrogens with one attached hydrogen (secondary N) is 1. The molecule has 1 aromatic carbocycles. The minimum Gasteiger partial charge on any atom is -0.373 e. The van der Waals surface area contributed by atoms with Gasteiger partial charge in [-0.3, -0.25) is 20.2 Å². The van der Waals surface area contributed by atoms with Crippen molar-refractivity contribution in [1.82, 2.24) is 4.90 Å². The van der Waals surface area contributed by atoms with E-state index in [9.17, 15) is 20.2 Å². The molecule has 21 heavy (non-hydrogen) atoms. The summed E-state index contributed by atoms with van der Waals surface area (Å²) in [6.45, 7) is 6.66. The topological polar surface area (TPSA) is 102 Å². The van der Waals surface area contributed by atoms with Gasteiger partial charge >= 0.3 is 11.4 Å². The number of likely N-dealkylation sites (N-methyl/N-ethyl adjacent to an activating group) is 1. The quantitative estimate of drug-likeness (QED) is 0.584. The lowest BCUT2D eigenvalue weighted by Gasteiger charge is -2.18. The Morgan fingerprint density at radius 1 is 1.14 bits per heavy atom. The van der Waals surface area contributed by atoms with E-state index in [1.165, 1.54) is 0 Å². The Kier molecular flexibility index (Phi) is 6.32. The number of anilines is 1. The first kappa shape index (κ1) is 17.1. The molecule has 0 unspecified atom stereocenters. The van der Waals surface area contributed by atoms with Gasteiger partial charge in [-0.05, 0) is 13.1 Å². The Morgan fingerprint density at radius 3 is 2.00 bits per heavy atom. The second-order valence-corrected chi connectivity index (χ2v) is 4.72. The van der Waals surface area contributed by atoms with Crippen molar-refractivity contribution >= 4 is 28.7 Å². The molecular formula is C12H17ClN4O4. The number of halogens is 1.